The molecule has 0 spiro atoms. The summed E-state index contributed by atoms with van der Waals surface area (Å²) in [4.78, 5) is 11.5. The van der Waals surface area contributed by atoms with Crippen LogP contribution in [0.1, 0.15) is 40.0 Å². The molecular formula is C12H25ClN2O. The van der Waals surface area contributed by atoms with Crippen molar-refractivity contribution < 1.29 is 4.79 Å². The number of hydrogen-bond acceptors (Lipinski definition) is 2. The van der Waals surface area contributed by atoms with E-state index in [-0.39, 0.29) is 18.3 Å². The average molecular weight is 249 g/mol. The SMILES string of the molecule is CC(C)(C)CCNC(=O)CC1CCNC1.Cl. The molecule has 4 heteroatoms. The van der Waals surface area contributed by atoms with E-state index in [9.17, 15) is 4.79 Å². The van der Waals surface area contributed by atoms with Crippen molar-refractivity contribution in [2.24, 2.45) is 11.3 Å². The molecule has 3 nitrogen and oxygen atoms in total. The molecule has 1 rings (SSSR count). The number of nitrogens with one attached hydrogen (secondary N) is 2. The van der Waals surface area contributed by atoms with E-state index < -0.39 is 0 Å². The van der Waals surface area contributed by atoms with E-state index >= 15 is 0 Å². The summed E-state index contributed by atoms with van der Waals surface area (Å²) in [5, 5.41) is 6.28. The predicted molar refractivity (Wildman–Crippen MR) is 69.9 cm³/mol. The van der Waals surface area contributed by atoms with E-state index in [1.54, 1.807) is 0 Å². The van der Waals surface area contributed by atoms with Gasteiger partial charge in [0.25, 0.3) is 0 Å². The summed E-state index contributed by atoms with van der Waals surface area (Å²) in [7, 11) is 0. The maximum absolute atomic E-state index is 11.5. The van der Waals surface area contributed by atoms with Crippen LogP contribution in [0.2, 0.25) is 0 Å². The molecule has 0 aromatic rings. The highest BCUT2D eigenvalue weighted by atomic mass is 35.5. The van der Waals surface area contributed by atoms with Gasteiger partial charge >= 0.3 is 0 Å². The number of halogens is 1. The van der Waals surface area contributed by atoms with Gasteiger partial charge in [0.1, 0.15) is 0 Å². The van der Waals surface area contributed by atoms with Gasteiger partial charge in [-0.3, -0.25) is 4.79 Å². The molecule has 0 aromatic carbocycles. The Morgan fingerprint density at radius 1 is 1.44 bits per heavy atom. The van der Waals surface area contributed by atoms with Crippen LogP contribution in [0.4, 0.5) is 0 Å². The minimum Gasteiger partial charge on any atom is -0.356 e. The van der Waals surface area contributed by atoms with Crippen molar-refractivity contribution in [3.8, 4) is 0 Å². The van der Waals surface area contributed by atoms with Crippen molar-refractivity contribution in [2.45, 2.75) is 40.0 Å². The molecule has 2 N–H and O–H groups in total. The van der Waals surface area contributed by atoms with Crippen molar-refractivity contribution in [3.63, 3.8) is 0 Å². The molecule has 1 saturated heterocycles. The van der Waals surface area contributed by atoms with Crippen molar-refractivity contribution >= 4 is 18.3 Å². The Hall–Kier alpha value is -0.280. The molecule has 0 bridgehead atoms. The fourth-order valence-electron chi connectivity index (χ4n) is 1.80. The predicted octanol–water partition coefficient (Wildman–Crippen LogP) is 1.96. The molecule has 96 valence electrons. The van der Waals surface area contributed by atoms with E-state index in [4.69, 9.17) is 0 Å². The Morgan fingerprint density at radius 3 is 2.62 bits per heavy atom. The molecule has 1 atom stereocenters. The average Bonchev–Trinajstić information content (AvgIpc) is 2.54. The van der Waals surface area contributed by atoms with Gasteiger partial charge in [0.05, 0.1) is 0 Å². The van der Waals surface area contributed by atoms with Gasteiger partial charge in [0.2, 0.25) is 5.91 Å². The zero-order valence-electron chi connectivity index (χ0n) is 10.6. The molecule has 0 aromatic heterocycles. The Morgan fingerprint density at radius 2 is 2.12 bits per heavy atom. The van der Waals surface area contributed by atoms with Crippen molar-refractivity contribution in [1.29, 1.82) is 0 Å². The highest BCUT2D eigenvalue weighted by molar-refractivity contribution is 5.85. The molecule has 1 unspecified atom stereocenters. The van der Waals surface area contributed by atoms with E-state index in [1.165, 1.54) is 0 Å². The molecule has 1 fully saturated rings. The second-order valence-electron chi connectivity index (χ2n) is 5.72. The molecular weight excluding hydrogens is 224 g/mol. The van der Waals surface area contributed by atoms with Gasteiger partial charge in [-0.2, -0.15) is 0 Å². The maximum Gasteiger partial charge on any atom is 0.220 e. The Bertz CT molecular complexity index is 208. The van der Waals surface area contributed by atoms with Crippen molar-refractivity contribution in [2.75, 3.05) is 19.6 Å². The molecule has 1 amide bonds. The fraction of sp³-hybridized carbons (Fsp3) is 0.917. The van der Waals surface area contributed by atoms with Gasteiger partial charge in [-0.25, -0.2) is 0 Å². The molecule has 0 aliphatic carbocycles. The van der Waals surface area contributed by atoms with E-state index in [0.717, 1.165) is 32.5 Å². The topological polar surface area (TPSA) is 41.1 Å². The van der Waals surface area contributed by atoms with Gasteiger partial charge < -0.3 is 10.6 Å². The van der Waals surface area contributed by atoms with Crippen LogP contribution in [0.5, 0.6) is 0 Å². The lowest BCUT2D eigenvalue weighted by Gasteiger charge is -2.18. The Balaban J connectivity index is 0.00000225. The second-order valence-corrected chi connectivity index (χ2v) is 5.72. The monoisotopic (exact) mass is 248 g/mol. The number of hydrogen-bond donors (Lipinski definition) is 2. The van der Waals surface area contributed by atoms with Crippen molar-refractivity contribution in [1.82, 2.24) is 10.6 Å². The van der Waals surface area contributed by atoms with Gasteiger partial charge in [0.15, 0.2) is 0 Å². The first-order valence-corrected chi connectivity index (χ1v) is 5.95. The van der Waals surface area contributed by atoms with Gasteiger partial charge in [-0.05, 0) is 37.3 Å². The van der Waals surface area contributed by atoms with E-state index in [2.05, 4.69) is 31.4 Å². The molecule has 1 aliphatic rings. The molecule has 1 aliphatic heterocycles. The van der Waals surface area contributed by atoms with Gasteiger partial charge in [-0.15, -0.1) is 12.4 Å². The van der Waals surface area contributed by atoms with Crippen molar-refractivity contribution in [3.05, 3.63) is 0 Å². The van der Waals surface area contributed by atoms with E-state index in [0.29, 0.717) is 17.8 Å². The van der Waals surface area contributed by atoms with Crippen LogP contribution in [0.3, 0.4) is 0 Å². The number of amides is 1. The number of carbonyl (C=O) groups is 1. The van der Waals surface area contributed by atoms with E-state index in [1.807, 2.05) is 0 Å². The zero-order chi connectivity index (χ0) is 11.3. The summed E-state index contributed by atoms with van der Waals surface area (Å²) >= 11 is 0. The first kappa shape index (κ1) is 15.7. The van der Waals surface area contributed by atoms with Gasteiger partial charge in [-0.1, -0.05) is 20.8 Å². The first-order chi connectivity index (χ1) is 6.97. The third kappa shape index (κ3) is 7.07. The Labute approximate surface area is 105 Å². The molecule has 1 heterocycles. The molecule has 0 radical (unpaired) electrons. The van der Waals surface area contributed by atoms with Crippen LogP contribution < -0.4 is 10.6 Å². The smallest absolute Gasteiger partial charge is 0.220 e. The summed E-state index contributed by atoms with van der Waals surface area (Å²) in [6.07, 6.45) is 2.88. The quantitative estimate of drug-likeness (QED) is 0.799. The summed E-state index contributed by atoms with van der Waals surface area (Å²) < 4.78 is 0. The standard InChI is InChI=1S/C12H24N2O.ClH/c1-12(2,3)5-7-14-11(15)8-10-4-6-13-9-10;/h10,13H,4-9H2,1-3H3,(H,14,15);1H. The lowest BCUT2D eigenvalue weighted by atomic mass is 9.92. The molecule has 16 heavy (non-hydrogen) atoms. The largest absolute Gasteiger partial charge is 0.356 e. The molecule has 0 saturated carbocycles. The number of rotatable bonds is 4. The summed E-state index contributed by atoms with van der Waals surface area (Å²) in [5.41, 5.74) is 0.308. The van der Waals surface area contributed by atoms with Gasteiger partial charge in [0, 0.05) is 13.0 Å². The van der Waals surface area contributed by atoms with Crippen LogP contribution in [0.15, 0.2) is 0 Å². The minimum absolute atomic E-state index is 0. The van der Waals surface area contributed by atoms with Crippen LogP contribution in [-0.4, -0.2) is 25.5 Å². The number of carbonyl (C=O) groups excluding carboxylic acids is 1. The Kier molecular flexibility index (Phi) is 7.00. The van der Waals surface area contributed by atoms with Crippen LogP contribution in [0.25, 0.3) is 0 Å². The third-order valence-electron chi connectivity index (χ3n) is 2.83. The maximum atomic E-state index is 11.5. The fourth-order valence-corrected chi connectivity index (χ4v) is 1.80. The lowest BCUT2D eigenvalue weighted by Crippen LogP contribution is -2.29. The van der Waals surface area contributed by atoms with Crippen LogP contribution in [0, 0.1) is 11.3 Å². The second kappa shape index (κ2) is 7.13. The third-order valence-corrected chi connectivity index (χ3v) is 2.83. The van der Waals surface area contributed by atoms with Crippen LogP contribution >= 0.6 is 12.4 Å². The van der Waals surface area contributed by atoms with Crippen LogP contribution in [-0.2, 0) is 4.79 Å². The normalized spacial score (nSPS) is 20.3. The minimum atomic E-state index is 0. The highest BCUT2D eigenvalue weighted by Crippen LogP contribution is 2.17. The summed E-state index contributed by atoms with van der Waals surface area (Å²) in [5.74, 6) is 0.771. The lowest BCUT2D eigenvalue weighted by molar-refractivity contribution is -0.121. The summed E-state index contributed by atoms with van der Waals surface area (Å²) in [6.45, 7) is 9.47. The summed E-state index contributed by atoms with van der Waals surface area (Å²) in [6, 6.07) is 0. The zero-order valence-corrected chi connectivity index (χ0v) is 11.5. The highest BCUT2D eigenvalue weighted by Gasteiger charge is 2.18. The first-order valence-electron chi connectivity index (χ1n) is 5.95.